The van der Waals surface area contributed by atoms with Gasteiger partial charge < -0.3 is 9.84 Å². The fourth-order valence-electron chi connectivity index (χ4n) is 3.47. The van der Waals surface area contributed by atoms with E-state index in [0.717, 1.165) is 6.42 Å². The minimum absolute atomic E-state index is 0.0732. The maximum atomic E-state index is 9.43. The molecule has 1 fully saturated rings. The van der Waals surface area contributed by atoms with Gasteiger partial charge in [0.25, 0.3) is 0 Å². The van der Waals surface area contributed by atoms with Crippen LogP contribution in [0.3, 0.4) is 0 Å². The van der Waals surface area contributed by atoms with Gasteiger partial charge in [0.05, 0.1) is 11.7 Å². The number of allylic oxidation sites excluding steroid dienone is 1. The van der Waals surface area contributed by atoms with Gasteiger partial charge in [-0.25, -0.2) is 0 Å². The second-order valence-corrected chi connectivity index (χ2v) is 6.46. The molecule has 2 aliphatic rings. The molecule has 102 valence electrons. The second-order valence-electron chi connectivity index (χ2n) is 6.46. The highest BCUT2D eigenvalue weighted by Crippen LogP contribution is 2.50. The number of benzene rings is 1. The number of aromatic hydroxyl groups is 1. The molecule has 0 amide bonds. The summed E-state index contributed by atoms with van der Waals surface area (Å²) in [6, 6.07) is 7.47. The molecule has 0 saturated carbocycles. The summed E-state index contributed by atoms with van der Waals surface area (Å²) < 4.78 is 6.41. The van der Waals surface area contributed by atoms with Gasteiger partial charge in [-0.15, -0.1) is 0 Å². The number of fused-ring (bicyclic) bond motifs is 2. The lowest BCUT2D eigenvalue weighted by atomic mass is 9.69. The Morgan fingerprint density at radius 1 is 1.21 bits per heavy atom. The molecule has 1 saturated heterocycles. The predicted molar refractivity (Wildman–Crippen MR) is 76.0 cm³/mol. The Morgan fingerprint density at radius 2 is 1.89 bits per heavy atom. The minimum atomic E-state index is -0.0732. The van der Waals surface area contributed by atoms with Crippen LogP contribution in [0.5, 0.6) is 5.75 Å². The SMILES string of the molecule is CC1=CC[C@H]2C[C@@H]1[C@H](c1ccc(O)cc1)OC2(C)C. The number of rotatable bonds is 1. The third-order valence-electron chi connectivity index (χ3n) is 4.85. The highest BCUT2D eigenvalue weighted by Gasteiger charge is 2.45. The lowest BCUT2D eigenvalue weighted by Crippen LogP contribution is -2.45. The predicted octanol–water partition coefficient (Wildman–Crippen LogP) is 4.21. The molecule has 0 aromatic heterocycles. The van der Waals surface area contributed by atoms with Gasteiger partial charge in [-0.05, 0) is 57.2 Å². The van der Waals surface area contributed by atoms with Crippen molar-refractivity contribution in [3.05, 3.63) is 41.5 Å². The topological polar surface area (TPSA) is 29.5 Å². The van der Waals surface area contributed by atoms with E-state index in [1.165, 1.54) is 17.6 Å². The van der Waals surface area contributed by atoms with Crippen molar-refractivity contribution in [2.45, 2.75) is 45.3 Å². The van der Waals surface area contributed by atoms with Crippen molar-refractivity contribution < 1.29 is 9.84 Å². The van der Waals surface area contributed by atoms with Gasteiger partial charge in [-0.3, -0.25) is 0 Å². The maximum Gasteiger partial charge on any atom is 0.115 e. The number of phenolic OH excluding ortho intramolecular Hbond substituents is 1. The summed E-state index contributed by atoms with van der Waals surface area (Å²) in [7, 11) is 0. The third-order valence-corrected chi connectivity index (χ3v) is 4.85. The molecule has 1 aromatic rings. The summed E-state index contributed by atoms with van der Waals surface area (Å²) in [4.78, 5) is 0. The fourth-order valence-corrected chi connectivity index (χ4v) is 3.47. The van der Waals surface area contributed by atoms with Crippen LogP contribution in [0.2, 0.25) is 0 Å². The molecule has 2 nitrogen and oxygen atoms in total. The highest BCUT2D eigenvalue weighted by molar-refractivity contribution is 5.30. The fraction of sp³-hybridized carbons (Fsp3) is 0.529. The van der Waals surface area contributed by atoms with Gasteiger partial charge in [0.1, 0.15) is 5.75 Å². The normalized spacial score (nSPS) is 32.8. The molecule has 1 N–H and O–H groups in total. The van der Waals surface area contributed by atoms with Crippen molar-refractivity contribution in [2.75, 3.05) is 0 Å². The standard InChI is InChI=1S/C17H22O2/c1-11-4-7-13-10-15(11)16(19-17(13,2)3)12-5-8-14(18)9-6-12/h4-6,8-9,13,15-16,18H,7,10H2,1-3H3/t13-,15-,16-/m0/s1. The maximum absolute atomic E-state index is 9.43. The largest absolute Gasteiger partial charge is 0.508 e. The van der Waals surface area contributed by atoms with Crippen LogP contribution in [0, 0.1) is 11.8 Å². The van der Waals surface area contributed by atoms with E-state index in [4.69, 9.17) is 4.74 Å². The lowest BCUT2D eigenvalue weighted by molar-refractivity contribution is -0.166. The van der Waals surface area contributed by atoms with Crippen molar-refractivity contribution in [2.24, 2.45) is 11.8 Å². The molecule has 3 rings (SSSR count). The van der Waals surface area contributed by atoms with Crippen LogP contribution >= 0.6 is 0 Å². The first kappa shape index (κ1) is 12.7. The zero-order valence-electron chi connectivity index (χ0n) is 11.9. The molecule has 0 unspecified atom stereocenters. The van der Waals surface area contributed by atoms with Crippen LogP contribution in [0.1, 0.15) is 45.3 Å². The first-order valence-corrected chi connectivity index (χ1v) is 7.11. The molecule has 1 aliphatic heterocycles. The molecule has 19 heavy (non-hydrogen) atoms. The Hall–Kier alpha value is -1.28. The Balaban J connectivity index is 1.97. The molecule has 0 spiro atoms. The molecular weight excluding hydrogens is 236 g/mol. The highest BCUT2D eigenvalue weighted by atomic mass is 16.5. The summed E-state index contributed by atoms with van der Waals surface area (Å²) in [5.74, 6) is 1.42. The van der Waals surface area contributed by atoms with E-state index in [1.807, 2.05) is 12.1 Å². The first-order chi connectivity index (χ1) is 8.97. The van der Waals surface area contributed by atoms with Crippen molar-refractivity contribution >= 4 is 0 Å². The van der Waals surface area contributed by atoms with E-state index in [0.29, 0.717) is 17.6 Å². The number of ether oxygens (including phenoxy) is 1. The van der Waals surface area contributed by atoms with E-state index < -0.39 is 0 Å². The summed E-state index contributed by atoms with van der Waals surface area (Å²) in [6.45, 7) is 6.63. The van der Waals surface area contributed by atoms with Crippen molar-refractivity contribution in [1.29, 1.82) is 0 Å². The average Bonchev–Trinajstić information content (AvgIpc) is 2.37. The zero-order chi connectivity index (χ0) is 13.6. The van der Waals surface area contributed by atoms with E-state index in [1.54, 1.807) is 12.1 Å². The van der Waals surface area contributed by atoms with Crippen LogP contribution in [-0.2, 0) is 4.74 Å². The lowest BCUT2D eigenvalue weighted by Gasteiger charge is -2.49. The van der Waals surface area contributed by atoms with Gasteiger partial charge >= 0.3 is 0 Å². The Morgan fingerprint density at radius 3 is 2.58 bits per heavy atom. The van der Waals surface area contributed by atoms with E-state index in [2.05, 4.69) is 26.8 Å². The number of hydrogen-bond donors (Lipinski definition) is 1. The second kappa shape index (κ2) is 4.38. The zero-order valence-corrected chi connectivity index (χ0v) is 11.9. The van der Waals surface area contributed by atoms with Crippen LogP contribution < -0.4 is 0 Å². The smallest absolute Gasteiger partial charge is 0.115 e. The van der Waals surface area contributed by atoms with E-state index in [9.17, 15) is 5.11 Å². The van der Waals surface area contributed by atoms with Gasteiger partial charge in [0.15, 0.2) is 0 Å². The van der Waals surface area contributed by atoms with E-state index >= 15 is 0 Å². The van der Waals surface area contributed by atoms with Crippen molar-refractivity contribution in [3.8, 4) is 5.75 Å². The average molecular weight is 258 g/mol. The molecule has 2 heteroatoms. The van der Waals surface area contributed by atoms with Gasteiger partial charge in [-0.2, -0.15) is 0 Å². The Bertz CT molecular complexity index is 498. The summed E-state index contributed by atoms with van der Waals surface area (Å²) >= 11 is 0. The van der Waals surface area contributed by atoms with Crippen LogP contribution in [0.25, 0.3) is 0 Å². The summed E-state index contributed by atoms with van der Waals surface area (Å²) in [5.41, 5.74) is 2.55. The van der Waals surface area contributed by atoms with Gasteiger partial charge in [-0.1, -0.05) is 23.8 Å². The quantitative estimate of drug-likeness (QED) is 0.764. The van der Waals surface area contributed by atoms with Gasteiger partial charge in [0.2, 0.25) is 0 Å². The van der Waals surface area contributed by atoms with Crippen LogP contribution in [0.4, 0.5) is 0 Å². The molecular formula is C17H22O2. The summed E-state index contributed by atoms with van der Waals surface area (Å²) in [6.07, 6.45) is 4.85. The monoisotopic (exact) mass is 258 g/mol. The summed E-state index contributed by atoms with van der Waals surface area (Å²) in [5, 5.41) is 9.43. The number of phenols is 1. The van der Waals surface area contributed by atoms with E-state index in [-0.39, 0.29) is 11.7 Å². The molecule has 1 heterocycles. The van der Waals surface area contributed by atoms with Crippen LogP contribution in [-0.4, -0.2) is 10.7 Å². The Kier molecular flexibility index (Phi) is 2.94. The van der Waals surface area contributed by atoms with Crippen LogP contribution in [0.15, 0.2) is 35.9 Å². The minimum Gasteiger partial charge on any atom is -0.508 e. The third kappa shape index (κ3) is 2.18. The first-order valence-electron chi connectivity index (χ1n) is 7.11. The molecule has 1 aliphatic carbocycles. The molecule has 1 aromatic carbocycles. The van der Waals surface area contributed by atoms with Gasteiger partial charge in [0, 0.05) is 5.92 Å². The van der Waals surface area contributed by atoms with Crippen molar-refractivity contribution in [3.63, 3.8) is 0 Å². The molecule has 3 atom stereocenters. The molecule has 2 bridgehead atoms. The number of hydrogen-bond acceptors (Lipinski definition) is 2. The van der Waals surface area contributed by atoms with Crippen molar-refractivity contribution in [1.82, 2.24) is 0 Å². The Labute approximate surface area is 115 Å². The molecule has 0 radical (unpaired) electrons.